The molecule has 1 aromatic carbocycles. The van der Waals surface area contributed by atoms with Crippen LogP contribution in [0.2, 0.25) is 0 Å². The van der Waals surface area contributed by atoms with E-state index >= 15 is 0 Å². The van der Waals surface area contributed by atoms with Gasteiger partial charge in [-0.05, 0) is 24.1 Å². The second-order valence-electron chi connectivity index (χ2n) is 4.42. The van der Waals surface area contributed by atoms with Gasteiger partial charge >= 0.3 is 10.1 Å². The Morgan fingerprint density at radius 3 is 2.68 bits per heavy atom. The molecule has 1 heterocycles. The van der Waals surface area contributed by atoms with Crippen molar-refractivity contribution in [1.29, 1.82) is 5.26 Å². The number of rotatable bonds is 5. The van der Waals surface area contributed by atoms with Gasteiger partial charge in [0, 0.05) is 4.91 Å². The molecule has 0 saturated carbocycles. The summed E-state index contributed by atoms with van der Waals surface area (Å²) in [6, 6.07) is 11.4. The van der Waals surface area contributed by atoms with Crippen molar-refractivity contribution in [2.45, 2.75) is 13.3 Å². The smallest absolute Gasteiger partial charge is 0.267 e. The van der Waals surface area contributed by atoms with Crippen LogP contribution in [-0.4, -0.2) is 19.2 Å². The van der Waals surface area contributed by atoms with E-state index in [1.54, 1.807) is 19.1 Å². The zero-order valence-electron chi connectivity index (χ0n) is 11.9. The van der Waals surface area contributed by atoms with Gasteiger partial charge in [-0.1, -0.05) is 54.2 Å². The molecule has 7 heteroatoms. The average Bonchev–Trinajstić information content (AvgIpc) is 2.96. The van der Waals surface area contributed by atoms with Crippen LogP contribution in [0.25, 0.3) is 5.57 Å². The molecule has 0 radical (unpaired) electrons. The highest BCUT2D eigenvalue weighted by Crippen LogP contribution is 2.33. The van der Waals surface area contributed by atoms with Gasteiger partial charge in [0.05, 0.1) is 11.3 Å². The Bertz CT molecular complexity index is 773. The molecular formula is C15H14N2O3S2. The van der Waals surface area contributed by atoms with Crippen LogP contribution in [0.1, 0.15) is 18.9 Å². The predicted octanol–water partition coefficient (Wildman–Crippen LogP) is 3.29. The van der Waals surface area contributed by atoms with E-state index in [2.05, 4.69) is 15.5 Å². The first-order valence-corrected chi connectivity index (χ1v) is 9.00. The van der Waals surface area contributed by atoms with Crippen LogP contribution in [-0.2, 0) is 14.4 Å². The molecule has 114 valence electrons. The predicted molar refractivity (Wildman–Crippen MR) is 88.3 cm³/mol. The zero-order chi connectivity index (χ0) is 16.0. The van der Waals surface area contributed by atoms with Gasteiger partial charge in [0.15, 0.2) is 0 Å². The van der Waals surface area contributed by atoms with E-state index in [1.807, 2.05) is 30.3 Å². The molecule has 0 atom stereocenters. The highest BCUT2D eigenvalue weighted by molar-refractivity contribution is 8.18. The van der Waals surface area contributed by atoms with E-state index in [0.717, 1.165) is 5.56 Å². The van der Waals surface area contributed by atoms with Gasteiger partial charge in [-0.25, -0.2) is 0 Å². The maximum absolute atomic E-state index is 11.5. The molecule has 0 spiro atoms. The normalized spacial score (nSPS) is 18.3. The van der Waals surface area contributed by atoms with Gasteiger partial charge in [-0.15, -0.1) is 0 Å². The molecule has 2 rings (SSSR count). The Morgan fingerprint density at radius 2 is 2.05 bits per heavy atom. The fourth-order valence-corrected chi connectivity index (χ4v) is 3.41. The van der Waals surface area contributed by atoms with E-state index < -0.39 is 10.1 Å². The quantitative estimate of drug-likeness (QED) is 0.610. The number of nitriles is 1. The second kappa shape index (κ2) is 7.29. The molecule has 0 aliphatic carbocycles. The Balaban J connectivity index is 2.18. The molecule has 5 nitrogen and oxygen atoms in total. The van der Waals surface area contributed by atoms with E-state index in [9.17, 15) is 13.7 Å². The molecule has 0 amide bonds. The van der Waals surface area contributed by atoms with Crippen molar-refractivity contribution in [3.05, 3.63) is 53.0 Å². The van der Waals surface area contributed by atoms with Crippen LogP contribution in [0.15, 0.2) is 52.5 Å². The van der Waals surface area contributed by atoms with Crippen LogP contribution in [0, 0.1) is 11.3 Å². The first-order valence-electron chi connectivity index (χ1n) is 6.61. The Labute approximate surface area is 134 Å². The van der Waals surface area contributed by atoms with Gasteiger partial charge in [-0.2, -0.15) is 13.7 Å². The Hall–Kier alpha value is -2.04. The number of oxime groups is 1. The number of thioether (sulfide) groups is 1. The summed E-state index contributed by atoms with van der Waals surface area (Å²) < 4.78 is 27.5. The summed E-state index contributed by atoms with van der Waals surface area (Å²) in [5.41, 5.74) is 1.32. The van der Waals surface area contributed by atoms with Crippen LogP contribution in [0.5, 0.6) is 0 Å². The standard InChI is InChI=1S/C15H14N2O3S2/c1-2-10-22(18,19)20-17-15-9-8-14(21-15)13(11-16)12-6-4-3-5-7-12/h3-9H,2,10H2,1H3/b14-13-,17-15?. The van der Waals surface area contributed by atoms with E-state index in [-0.39, 0.29) is 5.75 Å². The lowest BCUT2D eigenvalue weighted by Crippen LogP contribution is -2.06. The largest absolute Gasteiger partial charge is 0.328 e. The van der Waals surface area contributed by atoms with Crippen molar-refractivity contribution in [3.63, 3.8) is 0 Å². The Morgan fingerprint density at radius 1 is 1.32 bits per heavy atom. The van der Waals surface area contributed by atoms with Crippen molar-refractivity contribution in [1.82, 2.24) is 0 Å². The van der Waals surface area contributed by atoms with E-state index in [0.29, 0.717) is 21.9 Å². The summed E-state index contributed by atoms with van der Waals surface area (Å²) in [5.74, 6) is -0.0751. The first kappa shape index (κ1) is 16.3. The number of nitrogens with zero attached hydrogens (tertiary/aromatic N) is 2. The number of hydrogen-bond donors (Lipinski definition) is 0. The SMILES string of the molecule is CCCS(=O)(=O)ON=C1C=C/C(=C(\C#N)c2ccccc2)S1. The summed E-state index contributed by atoms with van der Waals surface area (Å²) in [4.78, 5) is 0.712. The third kappa shape index (κ3) is 4.23. The summed E-state index contributed by atoms with van der Waals surface area (Å²) in [6.45, 7) is 1.75. The molecule has 1 aliphatic heterocycles. The van der Waals surface area contributed by atoms with Crippen molar-refractivity contribution in [2.75, 3.05) is 5.75 Å². The maximum atomic E-state index is 11.5. The minimum absolute atomic E-state index is 0.0751. The van der Waals surface area contributed by atoms with Crippen LogP contribution in [0.4, 0.5) is 0 Å². The van der Waals surface area contributed by atoms with Gasteiger partial charge in [-0.3, -0.25) is 4.28 Å². The van der Waals surface area contributed by atoms with Crippen LogP contribution < -0.4 is 0 Å². The van der Waals surface area contributed by atoms with Crippen molar-refractivity contribution in [3.8, 4) is 6.07 Å². The van der Waals surface area contributed by atoms with Crippen molar-refractivity contribution >= 4 is 32.5 Å². The fourth-order valence-electron chi connectivity index (χ4n) is 1.76. The molecular weight excluding hydrogens is 320 g/mol. The highest BCUT2D eigenvalue weighted by Gasteiger charge is 2.17. The van der Waals surface area contributed by atoms with E-state index in [1.165, 1.54) is 11.8 Å². The minimum atomic E-state index is -3.63. The molecule has 0 aromatic heterocycles. The molecule has 1 aliphatic rings. The lowest BCUT2D eigenvalue weighted by molar-refractivity contribution is 0.340. The molecule has 0 unspecified atom stereocenters. The molecule has 0 fully saturated rings. The Kier molecular flexibility index (Phi) is 5.41. The highest BCUT2D eigenvalue weighted by atomic mass is 32.2. The maximum Gasteiger partial charge on any atom is 0.328 e. The summed E-state index contributed by atoms with van der Waals surface area (Å²) in [6.07, 6.45) is 3.82. The van der Waals surface area contributed by atoms with Gasteiger partial charge < -0.3 is 0 Å². The molecule has 0 N–H and O–H groups in total. The molecule has 0 bridgehead atoms. The van der Waals surface area contributed by atoms with Gasteiger partial charge in [0.25, 0.3) is 0 Å². The summed E-state index contributed by atoms with van der Waals surface area (Å²) in [7, 11) is -3.63. The lowest BCUT2D eigenvalue weighted by atomic mass is 10.1. The molecule has 1 aromatic rings. The third-order valence-electron chi connectivity index (χ3n) is 2.71. The zero-order valence-corrected chi connectivity index (χ0v) is 13.5. The van der Waals surface area contributed by atoms with Gasteiger partial charge in [0.2, 0.25) is 0 Å². The topological polar surface area (TPSA) is 79.5 Å². The van der Waals surface area contributed by atoms with E-state index in [4.69, 9.17) is 0 Å². The second-order valence-corrected chi connectivity index (χ2v) is 7.15. The monoisotopic (exact) mass is 334 g/mol. The summed E-state index contributed by atoms with van der Waals surface area (Å²) >= 11 is 1.20. The van der Waals surface area contributed by atoms with Gasteiger partial charge in [0.1, 0.15) is 11.1 Å². The number of hydrogen-bond acceptors (Lipinski definition) is 6. The van der Waals surface area contributed by atoms with Crippen LogP contribution >= 0.6 is 11.8 Å². The lowest BCUT2D eigenvalue weighted by Gasteiger charge is -2.02. The third-order valence-corrected chi connectivity index (χ3v) is 4.90. The first-order chi connectivity index (χ1) is 10.6. The molecule has 0 saturated heterocycles. The van der Waals surface area contributed by atoms with Crippen LogP contribution in [0.3, 0.4) is 0 Å². The summed E-state index contributed by atoms with van der Waals surface area (Å²) in [5, 5.41) is 13.4. The fraction of sp³-hybridized carbons (Fsp3) is 0.200. The van der Waals surface area contributed by atoms with Crippen molar-refractivity contribution in [2.24, 2.45) is 5.16 Å². The number of benzene rings is 1. The average molecular weight is 334 g/mol. The molecule has 22 heavy (non-hydrogen) atoms. The minimum Gasteiger partial charge on any atom is -0.267 e. The van der Waals surface area contributed by atoms with Crippen molar-refractivity contribution < 1.29 is 12.7 Å². The number of allylic oxidation sites excluding steroid dienone is 2.